The highest BCUT2D eigenvalue weighted by Crippen LogP contribution is 2.53. The number of nitriles is 1. The lowest BCUT2D eigenvalue weighted by Gasteiger charge is -2.37. The van der Waals surface area contributed by atoms with Crippen LogP contribution in [0.25, 0.3) is 0 Å². The second-order valence-corrected chi connectivity index (χ2v) is 12.5. The van der Waals surface area contributed by atoms with Crippen molar-refractivity contribution in [2.24, 2.45) is 5.41 Å². The van der Waals surface area contributed by atoms with Crippen LogP contribution in [0.4, 0.5) is 14.5 Å². The molecule has 1 saturated heterocycles. The third-order valence-corrected chi connectivity index (χ3v) is 8.04. The third kappa shape index (κ3) is 6.32. The van der Waals surface area contributed by atoms with E-state index in [0.717, 1.165) is 6.07 Å². The topological polar surface area (TPSA) is 111 Å². The zero-order valence-electron chi connectivity index (χ0n) is 24.0. The third-order valence-electron chi connectivity index (χ3n) is 7.51. The Labute approximate surface area is 258 Å². The second-order valence-electron chi connectivity index (χ2n) is 11.6. The summed E-state index contributed by atoms with van der Waals surface area (Å²) in [5.41, 5.74) is -2.13. The summed E-state index contributed by atoms with van der Waals surface area (Å²) in [6.07, 6.45) is 0.312. The maximum absolute atomic E-state index is 15.8. The van der Waals surface area contributed by atoms with E-state index in [1.165, 1.54) is 48.5 Å². The molecule has 1 aliphatic heterocycles. The van der Waals surface area contributed by atoms with Gasteiger partial charge in [0, 0.05) is 34.3 Å². The molecule has 0 aromatic heterocycles. The van der Waals surface area contributed by atoms with Gasteiger partial charge in [-0.2, -0.15) is 5.26 Å². The largest absolute Gasteiger partial charge is 0.493 e. The number of carboxylic acids is 1. The van der Waals surface area contributed by atoms with Crippen molar-refractivity contribution >= 4 is 40.8 Å². The Kier molecular flexibility index (Phi) is 9.36. The molecule has 0 radical (unpaired) electrons. The molecular formula is C32H31Cl2F2N3O4. The summed E-state index contributed by atoms with van der Waals surface area (Å²) < 4.78 is 37.0. The molecule has 1 aliphatic rings. The van der Waals surface area contributed by atoms with E-state index in [1.807, 2.05) is 20.8 Å². The predicted octanol–water partition coefficient (Wildman–Crippen LogP) is 7.33. The molecular weight excluding hydrogens is 599 g/mol. The van der Waals surface area contributed by atoms with Crippen LogP contribution in [0, 0.1) is 28.4 Å². The zero-order valence-corrected chi connectivity index (χ0v) is 25.5. The zero-order chi connectivity index (χ0) is 31.7. The van der Waals surface area contributed by atoms with E-state index < -0.39 is 52.3 Å². The molecule has 43 heavy (non-hydrogen) atoms. The maximum atomic E-state index is 15.8. The van der Waals surface area contributed by atoms with Crippen LogP contribution in [0.5, 0.6) is 5.75 Å². The Balaban J connectivity index is 1.92. The molecule has 4 rings (SSSR count). The normalized spacial score (nSPS) is 21.7. The minimum Gasteiger partial charge on any atom is -0.493 e. The van der Waals surface area contributed by atoms with Crippen LogP contribution in [0.15, 0.2) is 54.6 Å². The van der Waals surface area contributed by atoms with Crippen LogP contribution in [-0.4, -0.2) is 35.7 Å². The first-order valence-corrected chi connectivity index (χ1v) is 14.4. The molecule has 0 bridgehead atoms. The van der Waals surface area contributed by atoms with E-state index in [9.17, 15) is 20.0 Å². The summed E-state index contributed by atoms with van der Waals surface area (Å²) in [6.45, 7) is 7.70. The van der Waals surface area contributed by atoms with Crippen LogP contribution in [0.3, 0.4) is 0 Å². The summed E-state index contributed by atoms with van der Waals surface area (Å²) in [5.74, 6) is -4.66. The van der Waals surface area contributed by atoms with Gasteiger partial charge in [0.05, 0.1) is 23.7 Å². The van der Waals surface area contributed by atoms with Crippen molar-refractivity contribution in [2.45, 2.75) is 57.5 Å². The standard InChI is InChI=1S/C32H31Cl2F2N3O4/c1-5-43-24-14-18(10-11-19(24)30(41)42)38-29(40)28-26(20-7-6-8-22(34)27(20)36)32(16-37,25(39-28)15-31(2,3)4)21-12-9-17(33)13-23(21)35/h6-14,25-26,28,39H,5,15H2,1-4H3,(H,38,40)(H,41,42)/t25-,26-,28+,32-/m0/s1. The number of halogens is 4. The Morgan fingerprint density at radius 2 is 1.86 bits per heavy atom. The van der Waals surface area contributed by atoms with Crippen molar-refractivity contribution < 1.29 is 28.2 Å². The maximum Gasteiger partial charge on any atom is 0.339 e. The number of carbonyl (C=O) groups is 2. The molecule has 1 heterocycles. The number of nitrogens with zero attached hydrogens (tertiary/aromatic N) is 1. The highest BCUT2D eigenvalue weighted by molar-refractivity contribution is 6.31. The monoisotopic (exact) mass is 629 g/mol. The SMILES string of the molecule is CCOc1cc(NC(=O)[C@@H]2N[C@@H](CC(C)(C)C)[C@](C#N)(c3ccc(Cl)cc3F)[C@H]2c2cccc(Cl)c2F)ccc1C(=O)O. The first-order chi connectivity index (χ1) is 20.2. The second kappa shape index (κ2) is 12.5. The van der Waals surface area contributed by atoms with Gasteiger partial charge in [-0.25, -0.2) is 13.6 Å². The van der Waals surface area contributed by atoms with Crippen molar-refractivity contribution in [2.75, 3.05) is 11.9 Å². The number of nitrogens with one attached hydrogen (secondary N) is 2. The number of hydrogen-bond donors (Lipinski definition) is 3. The fourth-order valence-electron chi connectivity index (χ4n) is 5.83. The van der Waals surface area contributed by atoms with E-state index in [1.54, 1.807) is 6.92 Å². The van der Waals surface area contributed by atoms with Gasteiger partial charge in [0.2, 0.25) is 5.91 Å². The lowest BCUT2D eigenvalue weighted by atomic mass is 9.62. The van der Waals surface area contributed by atoms with Crippen LogP contribution in [-0.2, 0) is 10.2 Å². The Hall–Kier alpha value is -3.71. The summed E-state index contributed by atoms with van der Waals surface area (Å²) in [7, 11) is 0. The average molecular weight is 631 g/mol. The molecule has 1 fully saturated rings. The predicted molar refractivity (Wildman–Crippen MR) is 161 cm³/mol. The number of benzene rings is 3. The first kappa shape index (κ1) is 32.2. The number of amides is 1. The molecule has 3 aromatic rings. The number of anilines is 1. The minimum absolute atomic E-state index is 0.0368. The lowest BCUT2D eigenvalue weighted by molar-refractivity contribution is -0.118. The molecule has 1 amide bonds. The fraction of sp³-hybridized carbons (Fsp3) is 0.344. The van der Waals surface area contributed by atoms with Crippen molar-refractivity contribution in [3.05, 3.63) is 93.0 Å². The van der Waals surface area contributed by atoms with E-state index in [-0.39, 0.29) is 44.8 Å². The fourth-order valence-corrected chi connectivity index (χ4v) is 6.17. The van der Waals surface area contributed by atoms with Crippen LogP contribution in [0.2, 0.25) is 10.0 Å². The highest BCUT2D eigenvalue weighted by Gasteiger charge is 2.61. The van der Waals surface area contributed by atoms with E-state index in [0.29, 0.717) is 6.42 Å². The molecule has 226 valence electrons. The van der Waals surface area contributed by atoms with Crippen molar-refractivity contribution in [3.63, 3.8) is 0 Å². The Morgan fingerprint density at radius 1 is 1.14 bits per heavy atom. The molecule has 3 aromatic carbocycles. The van der Waals surface area contributed by atoms with Gasteiger partial charge in [-0.15, -0.1) is 0 Å². The van der Waals surface area contributed by atoms with Crippen molar-refractivity contribution in [1.82, 2.24) is 5.32 Å². The molecule has 0 unspecified atom stereocenters. The first-order valence-electron chi connectivity index (χ1n) is 13.6. The van der Waals surface area contributed by atoms with Gasteiger partial charge in [0.15, 0.2) is 0 Å². The van der Waals surface area contributed by atoms with Gasteiger partial charge in [0.1, 0.15) is 28.4 Å². The Bertz CT molecular complexity index is 1600. The Morgan fingerprint density at radius 3 is 2.47 bits per heavy atom. The molecule has 0 spiro atoms. The number of rotatable bonds is 8. The smallest absolute Gasteiger partial charge is 0.339 e. The van der Waals surface area contributed by atoms with E-state index in [2.05, 4.69) is 16.7 Å². The quantitative estimate of drug-likeness (QED) is 0.240. The number of carboxylic acid groups (broad SMARTS) is 1. The van der Waals surface area contributed by atoms with Crippen LogP contribution in [0.1, 0.15) is 61.5 Å². The van der Waals surface area contributed by atoms with E-state index in [4.69, 9.17) is 27.9 Å². The highest BCUT2D eigenvalue weighted by atomic mass is 35.5. The average Bonchev–Trinajstić information content (AvgIpc) is 3.23. The van der Waals surface area contributed by atoms with Gasteiger partial charge in [-0.3, -0.25) is 4.79 Å². The van der Waals surface area contributed by atoms with Crippen LogP contribution < -0.4 is 15.4 Å². The number of hydrogen-bond acceptors (Lipinski definition) is 5. The summed E-state index contributed by atoms with van der Waals surface area (Å²) in [4.78, 5) is 25.7. The summed E-state index contributed by atoms with van der Waals surface area (Å²) in [5, 5.41) is 26.3. The van der Waals surface area contributed by atoms with Crippen molar-refractivity contribution in [3.8, 4) is 11.8 Å². The van der Waals surface area contributed by atoms with Gasteiger partial charge in [-0.05, 0) is 54.7 Å². The molecule has 3 N–H and O–H groups in total. The number of carbonyl (C=O) groups excluding carboxylic acids is 1. The van der Waals surface area contributed by atoms with Crippen LogP contribution >= 0.6 is 23.2 Å². The number of aromatic carboxylic acids is 1. The van der Waals surface area contributed by atoms with Gasteiger partial charge < -0.3 is 20.5 Å². The van der Waals surface area contributed by atoms with Crippen molar-refractivity contribution in [1.29, 1.82) is 5.26 Å². The molecule has 4 atom stereocenters. The molecule has 7 nitrogen and oxygen atoms in total. The number of ether oxygens (including phenoxy) is 1. The molecule has 0 saturated carbocycles. The van der Waals surface area contributed by atoms with Gasteiger partial charge in [0.25, 0.3) is 0 Å². The molecule has 0 aliphatic carbocycles. The summed E-state index contributed by atoms with van der Waals surface area (Å²) in [6, 6.07) is 12.5. The van der Waals surface area contributed by atoms with Gasteiger partial charge >= 0.3 is 5.97 Å². The minimum atomic E-state index is -1.78. The summed E-state index contributed by atoms with van der Waals surface area (Å²) >= 11 is 12.2. The van der Waals surface area contributed by atoms with Gasteiger partial charge in [-0.1, -0.05) is 62.2 Å². The van der Waals surface area contributed by atoms with E-state index >= 15 is 8.78 Å². The lowest BCUT2D eigenvalue weighted by Crippen LogP contribution is -2.45. The molecule has 11 heteroatoms.